The highest BCUT2D eigenvalue weighted by Gasteiger charge is 2.44. The van der Waals surface area contributed by atoms with Crippen LogP contribution in [-0.2, 0) is 9.53 Å². The minimum absolute atomic E-state index is 0.0522. The molecule has 0 spiro atoms. The molecule has 47 heavy (non-hydrogen) atoms. The number of amides is 3. The lowest BCUT2D eigenvalue weighted by molar-refractivity contribution is -0.274. The van der Waals surface area contributed by atoms with Crippen LogP contribution in [0.5, 0.6) is 5.75 Å². The Morgan fingerprint density at radius 1 is 1.04 bits per heavy atom. The van der Waals surface area contributed by atoms with Crippen LogP contribution in [0, 0.1) is 12.7 Å². The zero-order valence-corrected chi connectivity index (χ0v) is 24.9. The Bertz CT molecular complexity index is 1840. The molecule has 0 aliphatic carbocycles. The number of nitrogens with one attached hydrogen (secondary N) is 1. The number of rotatable bonds is 7. The lowest BCUT2D eigenvalue weighted by Gasteiger charge is -2.26. The SMILES string of the molecule is COC(c1ccc(C)cc1N1C(=O)CS/C1=N\C(=O)Nc1ccc(-c2ncn(-c3ccc(OC(F)(F)F)cc3)n2)cc1F)C(F)(F)F. The predicted molar refractivity (Wildman–Crippen MR) is 157 cm³/mol. The summed E-state index contributed by atoms with van der Waals surface area (Å²) in [6, 6.07) is 11.2. The first-order valence-corrected chi connectivity index (χ1v) is 14.2. The van der Waals surface area contributed by atoms with Gasteiger partial charge in [-0.3, -0.25) is 9.69 Å². The minimum atomic E-state index is -4.85. The van der Waals surface area contributed by atoms with Crippen LogP contribution in [-0.4, -0.2) is 57.3 Å². The molecule has 1 aliphatic rings. The number of hydrogen-bond acceptors (Lipinski definition) is 7. The fraction of sp³-hybridized carbons (Fsp3) is 0.207. The Kier molecular flexibility index (Phi) is 9.26. The van der Waals surface area contributed by atoms with Crippen molar-refractivity contribution in [1.29, 1.82) is 0 Å². The van der Waals surface area contributed by atoms with E-state index in [1.54, 1.807) is 6.92 Å². The Labute approximate surface area is 265 Å². The Morgan fingerprint density at radius 2 is 1.77 bits per heavy atom. The van der Waals surface area contributed by atoms with Crippen LogP contribution in [0.1, 0.15) is 17.2 Å². The van der Waals surface area contributed by atoms with E-state index in [1.807, 2.05) is 0 Å². The lowest BCUT2D eigenvalue weighted by atomic mass is 10.0. The topological polar surface area (TPSA) is 111 Å². The summed E-state index contributed by atoms with van der Waals surface area (Å²) in [5.41, 5.74) is 0.229. The van der Waals surface area contributed by atoms with E-state index in [-0.39, 0.29) is 39.2 Å². The summed E-state index contributed by atoms with van der Waals surface area (Å²) in [5.74, 6) is -2.13. The van der Waals surface area contributed by atoms with E-state index < -0.39 is 42.1 Å². The highest BCUT2D eigenvalue weighted by atomic mass is 32.2. The number of methoxy groups -OCH3 is 1. The molecule has 1 aliphatic heterocycles. The van der Waals surface area contributed by atoms with E-state index >= 15 is 4.39 Å². The van der Waals surface area contributed by atoms with E-state index in [4.69, 9.17) is 0 Å². The van der Waals surface area contributed by atoms with Crippen molar-refractivity contribution in [3.63, 3.8) is 0 Å². The van der Waals surface area contributed by atoms with Crippen molar-refractivity contribution in [1.82, 2.24) is 14.8 Å². The summed E-state index contributed by atoms with van der Waals surface area (Å²) in [4.78, 5) is 34.4. The molecule has 1 aromatic heterocycles. The summed E-state index contributed by atoms with van der Waals surface area (Å²) < 4.78 is 103. The molecule has 0 saturated carbocycles. The maximum atomic E-state index is 15.0. The normalized spacial score (nSPS) is 15.3. The average molecular weight is 683 g/mol. The van der Waals surface area contributed by atoms with Crippen molar-refractivity contribution < 1.29 is 49.8 Å². The standard InChI is InChI=1S/C29H21F7N6O4S/c1-15-3-9-19(24(45-2)28(31,32)33)22(11-15)42-23(43)13-47-27(42)39-26(44)38-21-10-4-16(12-20(21)30)25-37-14-41(40-25)17-5-7-18(8-6-17)46-29(34,35)36/h3-12,14,24H,13H2,1-2H3,(H,38,44)/b39-27-. The molecule has 10 nitrogen and oxygen atoms in total. The first-order chi connectivity index (χ1) is 22.1. The number of carbonyl (C=O) groups excluding carboxylic acids is 2. The van der Waals surface area contributed by atoms with Gasteiger partial charge < -0.3 is 14.8 Å². The van der Waals surface area contributed by atoms with Gasteiger partial charge in [0.2, 0.25) is 5.91 Å². The van der Waals surface area contributed by atoms with Gasteiger partial charge in [-0.2, -0.15) is 18.2 Å². The number of urea groups is 1. The van der Waals surface area contributed by atoms with Crippen LogP contribution in [0.3, 0.4) is 0 Å². The molecule has 3 aromatic carbocycles. The zero-order valence-electron chi connectivity index (χ0n) is 24.1. The molecular weight excluding hydrogens is 661 g/mol. The molecule has 1 saturated heterocycles. The third-order valence-electron chi connectivity index (χ3n) is 6.50. The third-order valence-corrected chi connectivity index (χ3v) is 7.42. The van der Waals surface area contributed by atoms with Gasteiger partial charge in [0, 0.05) is 18.2 Å². The number of carbonyl (C=O) groups is 2. The molecule has 1 N–H and O–H groups in total. The zero-order chi connectivity index (χ0) is 34.1. The van der Waals surface area contributed by atoms with Gasteiger partial charge >= 0.3 is 18.6 Å². The van der Waals surface area contributed by atoms with Crippen molar-refractivity contribution in [3.8, 4) is 22.8 Å². The number of aromatic nitrogens is 3. The molecular formula is C29H21F7N6O4S. The maximum absolute atomic E-state index is 15.0. The number of aryl methyl sites for hydroxylation is 1. The van der Waals surface area contributed by atoms with Crippen LogP contribution in [0.2, 0.25) is 0 Å². The van der Waals surface area contributed by atoms with Crippen LogP contribution in [0.15, 0.2) is 72.0 Å². The van der Waals surface area contributed by atoms with Crippen LogP contribution in [0.4, 0.5) is 46.9 Å². The fourth-order valence-corrected chi connectivity index (χ4v) is 5.35. The van der Waals surface area contributed by atoms with Gasteiger partial charge in [0.05, 0.1) is 22.8 Å². The monoisotopic (exact) mass is 682 g/mol. The van der Waals surface area contributed by atoms with Gasteiger partial charge in [-0.1, -0.05) is 23.9 Å². The third kappa shape index (κ3) is 7.71. The summed E-state index contributed by atoms with van der Waals surface area (Å²) in [6.07, 6.45) is -10.8. The summed E-state index contributed by atoms with van der Waals surface area (Å²) in [7, 11) is 0.880. The van der Waals surface area contributed by atoms with Crippen molar-refractivity contribution in [2.75, 3.05) is 23.1 Å². The summed E-state index contributed by atoms with van der Waals surface area (Å²) in [5, 5.41) is 6.22. The number of hydrogen-bond donors (Lipinski definition) is 1. The van der Waals surface area contributed by atoms with Gasteiger partial charge in [-0.05, 0) is 61.0 Å². The number of thioether (sulfide) groups is 1. The van der Waals surface area contributed by atoms with E-state index in [0.29, 0.717) is 11.3 Å². The van der Waals surface area contributed by atoms with Gasteiger partial charge in [-0.25, -0.2) is 18.9 Å². The van der Waals surface area contributed by atoms with Crippen LogP contribution in [0.25, 0.3) is 17.1 Å². The summed E-state index contributed by atoms with van der Waals surface area (Å²) >= 11 is 0.815. The van der Waals surface area contributed by atoms with Gasteiger partial charge in [0.25, 0.3) is 0 Å². The van der Waals surface area contributed by atoms with E-state index in [1.165, 1.54) is 53.5 Å². The molecule has 4 aromatic rings. The molecule has 0 radical (unpaired) electrons. The largest absolute Gasteiger partial charge is 0.573 e. The number of benzene rings is 3. The van der Waals surface area contributed by atoms with Crippen LogP contribution < -0.4 is 15.0 Å². The highest BCUT2D eigenvalue weighted by molar-refractivity contribution is 8.15. The van der Waals surface area contributed by atoms with Gasteiger partial charge in [-0.15, -0.1) is 18.3 Å². The number of alkyl halides is 6. The number of nitrogens with zero attached hydrogens (tertiary/aromatic N) is 5. The van der Waals surface area contributed by atoms with Crippen molar-refractivity contribution >= 4 is 40.2 Å². The molecule has 1 atom stereocenters. The first-order valence-electron chi connectivity index (χ1n) is 13.3. The van der Waals surface area contributed by atoms with Gasteiger partial charge in [0.1, 0.15) is 17.9 Å². The molecule has 3 amide bonds. The molecule has 1 unspecified atom stereocenters. The number of anilines is 2. The van der Waals surface area contributed by atoms with Crippen LogP contribution >= 0.6 is 11.8 Å². The first kappa shape index (κ1) is 33.4. The molecule has 5 rings (SSSR count). The van der Waals surface area contributed by atoms with Crippen molar-refractivity contribution in [2.24, 2.45) is 4.99 Å². The number of aliphatic imine (C=N–C) groups is 1. The second kappa shape index (κ2) is 13.0. The molecule has 0 bridgehead atoms. The van der Waals surface area contributed by atoms with Crippen molar-refractivity contribution in [2.45, 2.75) is 25.6 Å². The number of ether oxygens (including phenoxy) is 2. The molecule has 2 heterocycles. The number of amidine groups is 1. The fourth-order valence-electron chi connectivity index (χ4n) is 4.49. The Morgan fingerprint density at radius 3 is 2.40 bits per heavy atom. The second-order valence-electron chi connectivity index (χ2n) is 9.81. The second-order valence-corrected chi connectivity index (χ2v) is 10.8. The lowest BCUT2D eigenvalue weighted by Crippen LogP contribution is -2.33. The molecule has 18 heteroatoms. The van der Waals surface area contributed by atoms with Crippen molar-refractivity contribution in [3.05, 3.63) is 83.9 Å². The Hall–Kier alpha value is -4.97. The quantitative estimate of drug-likeness (QED) is 0.205. The highest BCUT2D eigenvalue weighted by Crippen LogP contribution is 2.42. The smallest absolute Gasteiger partial charge is 0.406 e. The molecule has 1 fully saturated rings. The average Bonchev–Trinajstić information content (AvgIpc) is 3.61. The van der Waals surface area contributed by atoms with E-state index in [2.05, 4.69) is 29.9 Å². The predicted octanol–water partition coefficient (Wildman–Crippen LogP) is 7.20. The maximum Gasteiger partial charge on any atom is 0.573 e. The van der Waals surface area contributed by atoms with E-state index in [0.717, 1.165) is 42.0 Å². The Balaban J connectivity index is 1.33. The number of halogens is 7. The summed E-state index contributed by atoms with van der Waals surface area (Å²) in [6.45, 7) is 1.61. The minimum Gasteiger partial charge on any atom is -0.406 e. The van der Waals surface area contributed by atoms with E-state index in [9.17, 15) is 35.9 Å². The molecule has 246 valence electrons. The van der Waals surface area contributed by atoms with Gasteiger partial charge in [0.15, 0.2) is 17.1 Å².